The second kappa shape index (κ2) is 25.6. The van der Waals surface area contributed by atoms with Crippen molar-refractivity contribution >= 4 is 78.4 Å². The van der Waals surface area contributed by atoms with Crippen LogP contribution in [0.15, 0.2) is 121 Å². The number of carbonyl (C=O) groups excluding carboxylic acids is 2. The number of fused-ring (bicyclic) bond motifs is 11. The Kier molecular flexibility index (Phi) is 17.9. The van der Waals surface area contributed by atoms with Gasteiger partial charge in [0.25, 0.3) is 0 Å². The van der Waals surface area contributed by atoms with Crippen LogP contribution in [0.1, 0.15) is 208 Å². The van der Waals surface area contributed by atoms with Crippen LogP contribution in [0.4, 0.5) is 9.59 Å². The van der Waals surface area contributed by atoms with Gasteiger partial charge in [0.05, 0.1) is 33.1 Å². The van der Waals surface area contributed by atoms with Gasteiger partial charge in [0.1, 0.15) is 22.2 Å². The molecular formula is C75H88N6O4. The first-order chi connectivity index (χ1) is 41.2. The third-order valence-electron chi connectivity index (χ3n) is 17.6. The second-order valence-corrected chi connectivity index (χ2v) is 26.3. The third kappa shape index (κ3) is 12.5. The molecule has 0 bridgehead atoms. The van der Waals surface area contributed by atoms with Crippen LogP contribution in [0, 0.1) is 0 Å². The molecule has 1 aliphatic carbocycles. The van der Waals surface area contributed by atoms with E-state index in [1.165, 1.54) is 138 Å². The van der Waals surface area contributed by atoms with Crippen LogP contribution in [0.2, 0.25) is 0 Å². The van der Waals surface area contributed by atoms with Crippen LogP contribution >= 0.6 is 0 Å². The quantitative estimate of drug-likeness (QED) is 0.0550. The highest BCUT2D eigenvalue weighted by Crippen LogP contribution is 2.56. The zero-order valence-electron chi connectivity index (χ0n) is 51.9. The van der Waals surface area contributed by atoms with Crippen molar-refractivity contribution in [1.82, 2.24) is 29.1 Å². The summed E-state index contributed by atoms with van der Waals surface area (Å²) in [6.45, 7) is 16.0. The molecule has 0 aliphatic heterocycles. The van der Waals surface area contributed by atoms with Crippen LogP contribution in [0.3, 0.4) is 0 Å². The zero-order valence-corrected chi connectivity index (χ0v) is 51.9. The van der Waals surface area contributed by atoms with Gasteiger partial charge in [-0.1, -0.05) is 227 Å². The second-order valence-electron chi connectivity index (χ2n) is 26.3. The first kappa shape index (κ1) is 59.3. The van der Waals surface area contributed by atoms with E-state index < -0.39 is 23.4 Å². The predicted molar refractivity (Wildman–Crippen MR) is 352 cm³/mol. The van der Waals surface area contributed by atoms with E-state index in [4.69, 9.17) is 29.4 Å². The molecule has 0 saturated heterocycles. The van der Waals surface area contributed by atoms with E-state index in [9.17, 15) is 9.59 Å². The molecule has 0 fully saturated rings. The summed E-state index contributed by atoms with van der Waals surface area (Å²) >= 11 is 0. The molecule has 0 spiro atoms. The molecule has 0 N–H and O–H groups in total. The molecule has 11 rings (SSSR count). The Morgan fingerprint density at radius 2 is 0.741 bits per heavy atom. The Morgan fingerprint density at radius 3 is 1.09 bits per heavy atom. The van der Waals surface area contributed by atoms with Crippen molar-refractivity contribution in [3.63, 3.8) is 0 Å². The van der Waals surface area contributed by atoms with Crippen LogP contribution in [0.25, 0.3) is 99.6 Å². The highest BCUT2D eigenvalue weighted by molar-refractivity contribution is 6.17. The van der Waals surface area contributed by atoms with Crippen molar-refractivity contribution in [2.45, 2.75) is 213 Å². The fourth-order valence-corrected chi connectivity index (χ4v) is 13.6. The summed E-state index contributed by atoms with van der Waals surface area (Å²) in [5, 5.41) is 1.70. The number of ether oxygens (including phenoxy) is 2. The van der Waals surface area contributed by atoms with E-state index in [2.05, 4.69) is 86.6 Å². The van der Waals surface area contributed by atoms with E-state index in [1.54, 1.807) is 9.13 Å². The molecule has 0 saturated carbocycles. The first-order valence-electron chi connectivity index (χ1n) is 32.3. The number of aromatic nitrogens is 6. The summed E-state index contributed by atoms with van der Waals surface area (Å²) in [6.07, 6.45) is 26.3. The lowest BCUT2D eigenvalue weighted by Crippen LogP contribution is -2.27. The Hall–Kier alpha value is -7.46. The Morgan fingerprint density at radius 1 is 0.400 bits per heavy atom. The summed E-state index contributed by atoms with van der Waals surface area (Å²) in [7, 11) is 0. The van der Waals surface area contributed by atoms with Crippen molar-refractivity contribution < 1.29 is 19.1 Å². The minimum absolute atomic E-state index is 0.337. The maximum atomic E-state index is 14.7. The van der Waals surface area contributed by atoms with E-state index in [0.717, 1.165) is 80.8 Å². The fourth-order valence-electron chi connectivity index (χ4n) is 13.6. The monoisotopic (exact) mass is 1140 g/mol. The van der Waals surface area contributed by atoms with Gasteiger partial charge in [-0.15, -0.1) is 0 Å². The van der Waals surface area contributed by atoms with Crippen molar-refractivity contribution in [2.75, 3.05) is 0 Å². The summed E-state index contributed by atoms with van der Waals surface area (Å²) < 4.78 is 15.8. The molecule has 442 valence electrons. The smallest absolute Gasteiger partial charge is 0.420 e. The molecule has 6 aromatic carbocycles. The minimum Gasteiger partial charge on any atom is -0.443 e. The fraction of sp³-hybridized carbons (Fsp3) is 0.440. The average molecular weight is 1140 g/mol. The summed E-state index contributed by atoms with van der Waals surface area (Å²) in [4.78, 5) is 50.1. The number of unbranched alkanes of at least 4 members (excludes halogenated alkanes) is 18. The van der Waals surface area contributed by atoms with Gasteiger partial charge in [0, 0.05) is 27.3 Å². The number of nitrogens with zero attached hydrogens (tertiary/aromatic N) is 6. The highest BCUT2D eigenvalue weighted by atomic mass is 16.6. The maximum absolute atomic E-state index is 14.7. The maximum Gasteiger partial charge on any atom is 0.420 e. The lowest BCUT2D eigenvalue weighted by molar-refractivity contribution is 0.0539. The molecule has 0 unspecified atom stereocenters. The van der Waals surface area contributed by atoms with Crippen molar-refractivity contribution in [2.24, 2.45) is 0 Å². The number of hydrogen-bond acceptors (Lipinski definition) is 8. The van der Waals surface area contributed by atoms with Gasteiger partial charge in [-0.05, 0) is 124 Å². The zero-order chi connectivity index (χ0) is 59.3. The van der Waals surface area contributed by atoms with Gasteiger partial charge in [0.2, 0.25) is 0 Å². The summed E-state index contributed by atoms with van der Waals surface area (Å²) in [6, 6.07) is 42.4. The third-order valence-corrected chi connectivity index (χ3v) is 17.6. The van der Waals surface area contributed by atoms with Gasteiger partial charge in [-0.2, -0.15) is 0 Å². The number of benzene rings is 6. The van der Waals surface area contributed by atoms with Crippen molar-refractivity contribution in [3.05, 3.63) is 132 Å². The lowest BCUT2D eigenvalue weighted by Gasteiger charge is -2.33. The summed E-state index contributed by atoms with van der Waals surface area (Å²) in [5.41, 5.74) is 14.0. The van der Waals surface area contributed by atoms with Gasteiger partial charge < -0.3 is 9.47 Å². The molecule has 0 radical (unpaired) electrons. The van der Waals surface area contributed by atoms with Gasteiger partial charge in [0.15, 0.2) is 11.3 Å². The molecule has 4 heterocycles. The molecule has 0 amide bonds. The van der Waals surface area contributed by atoms with Gasteiger partial charge >= 0.3 is 12.2 Å². The first-order valence-corrected chi connectivity index (χ1v) is 32.3. The Labute approximate surface area is 503 Å². The standard InChI is InChI=1S/C75H88N6O4/c1-9-11-13-15-17-19-21-23-25-31-47-75(48-32-26-24-22-20-18-16-14-12-10-2)59-49-51(53-35-33-37-57-65-69(78-63-41-29-27-39-61(63)76-65)80(67(53)57)71(82)84-73(3,4)5)43-45-55(59)56-46-44-52(50-60(56)75)54-36-34-38-58-66-70(79-64-42-30-28-40-62(64)77-66)81(68(54)58)72(83)85-74(6,7)8/h27-30,33-46,49-50H,9-26,31-32,47-48H2,1-8H3. The SMILES string of the molecule is CCCCCCCCCCCCC1(CCCCCCCCCCCC)c2cc(-c3cccc4c5nc6ccccc6nc5n(C(=O)OC(C)(C)C)c34)ccc2-c2ccc(-c3cccc4c5nc6ccccc6nc5n(C(=O)OC(C)(C)C)c34)cc21. The number of para-hydroxylation sites is 6. The molecule has 10 heteroatoms. The molecule has 10 aromatic rings. The topological polar surface area (TPSA) is 114 Å². The van der Waals surface area contributed by atoms with Crippen LogP contribution in [-0.2, 0) is 14.9 Å². The summed E-state index contributed by atoms with van der Waals surface area (Å²) in [5.74, 6) is 0. The molecular weight excluding hydrogens is 1050 g/mol. The number of hydrogen-bond donors (Lipinski definition) is 0. The molecule has 10 nitrogen and oxygen atoms in total. The molecule has 1 aliphatic rings. The molecule has 4 aromatic heterocycles. The number of rotatable bonds is 24. The van der Waals surface area contributed by atoms with E-state index >= 15 is 0 Å². The van der Waals surface area contributed by atoms with Crippen LogP contribution in [-0.4, -0.2) is 52.5 Å². The van der Waals surface area contributed by atoms with Gasteiger partial charge in [-0.3, -0.25) is 0 Å². The van der Waals surface area contributed by atoms with Crippen molar-refractivity contribution in [3.8, 4) is 33.4 Å². The molecule has 85 heavy (non-hydrogen) atoms. The Balaban J connectivity index is 1.07. The van der Waals surface area contributed by atoms with E-state index in [0.29, 0.717) is 33.4 Å². The van der Waals surface area contributed by atoms with Crippen LogP contribution in [0.5, 0.6) is 0 Å². The van der Waals surface area contributed by atoms with Crippen LogP contribution < -0.4 is 0 Å². The van der Waals surface area contributed by atoms with E-state index in [1.807, 2.05) is 90.1 Å². The number of carbonyl (C=O) groups is 2. The lowest BCUT2D eigenvalue weighted by atomic mass is 9.70. The average Bonchev–Trinajstić information content (AvgIpc) is 1.70. The van der Waals surface area contributed by atoms with Gasteiger partial charge in [-0.25, -0.2) is 38.7 Å². The molecule has 0 atom stereocenters. The largest absolute Gasteiger partial charge is 0.443 e. The van der Waals surface area contributed by atoms with E-state index in [-0.39, 0.29) is 5.41 Å². The highest BCUT2D eigenvalue weighted by Gasteiger charge is 2.43. The predicted octanol–water partition coefficient (Wildman–Crippen LogP) is 21.6. The normalized spacial score (nSPS) is 13.2. The van der Waals surface area contributed by atoms with Crippen molar-refractivity contribution in [1.29, 1.82) is 0 Å². The Bertz CT molecular complexity index is 3780. The minimum atomic E-state index is -0.749.